The van der Waals surface area contributed by atoms with Gasteiger partial charge in [0.1, 0.15) is 0 Å². The summed E-state index contributed by atoms with van der Waals surface area (Å²) in [6.45, 7) is 1.76. The molecular formula is C25H24N2O2. The van der Waals surface area contributed by atoms with Gasteiger partial charge in [0.2, 0.25) is 0 Å². The Labute approximate surface area is 171 Å². The molecule has 3 aromatic rings. The molecule has 0 saturated heterocycles. The van der Waals surface area contributed by atoms with E-state index < -0.39 is 0 Å². The Hall–Kier alpha value is -3.29. The summed E-state index contributed by atoms with van der Waals surface area (Å²) in [4.78, 5) is 2.49. The van der Waals surface area contributed by atoms with Crippen LogP contribution in [-0.4, -0.2) is 25.7 Å². The highest BCUT2D eigenvalue weighted by molar-refractivity contribution is 5.51. The second kappa shape index (κ2) is 8.38. The lowest BCUT2D eigenvalue weighted by molar-refractivity contribution is 0.203. The molecule has 0 bridgehead atoms. The fourth-order valence-electron chi connectivity index (χ4n) is 4.11. The molecule has 1 aliphatic rings. The van der Waals surface area contributed by atoms with Gasteiger partial charge >= 0.3 is 0 Å². The summed E-state index contributed by atoms with van der Waals surface area (Å²) in [5, 5.41) is 9.06. The first-order valence-corrected chi connectivity index (χ1v) is 9.76. The topological polar surface area (TPSA) is 45.5 Å². The standard InChI is InChI=1S/C25H24N2O2/c1-28-23-14-21-12-13-27(17-19-10-8-18(16-26)9-11-19)25(20-6-4-3-5-7-20)22(21)15-24(23)29-2/h3-11,14-15,25H,12-13,17H2,1-2H3. The number of benzene rings is 3. The minimum Gasteiger partial charge on any atom is -0.493 e. The maximum absolute atomic E-state index is 9.06. The number of methoxy groups -OCH3 is 2. The van der Waals surface area contributed by atoms with Crippen molar-refractivity contribution >= 4 is 0 Å². The number of ether oxygens (including phenoxy) is 2. The van der Waals surface area contributed by atoms with E-state index in [4.69, 9.17) is 14.7 Å². The number of rotatable bonds is 5. The zero-order valence-electron chi connectivity index (χ0n) is 16.8. The van der Waals surface area contributed by atoms with Gasteiger partial charge in [-0.05, 0) is 52.9 Å². The van der Waals surface area contributed by atoms with E-state index in [-0.39, 0.29) is 6.04 Å². The summed E-state index contributed by atoms with van der Waals surface area (Å²) in [7, 11) is 3.36. The summed E-state index contributed by atoms with van der Waals surface area (Å²) >= 11 is 0. The Morgan fingerprint density at radius 2 is 1.66 bits per heavy atom. The van der Waals surface area contributed by atoms with Crippen LogP contribution in [0.25, 0.3) is 0 Å². The lowest BCUT2D eigenvalue weighted by atomic mass is 9.87. The molecule has 0 radical (unpaired) electrons. The molecule has 4 rings (SSSR count). The Morgan fingerprint density at radius 1 is 0.966 bits per heavy atom. The van der Waals surface area contributed by atoms with Crippen LogP contribution in [0.5, 0.6) is 11.5 Å². The van der Waals surface area contributed by atoms with Gasteiger partial charge in [0.05, 0.1) is 31.9 Å². The molecule has 0 aromatic heterocycles. The van der Waals surface area contributed by atoms with E-state index in [9.17, 15) is 0 Å². The average Bonchev–Trinajstić information content (AvgIpc) is 2.79. The van der Waals surface area contributed by atoms with Gasteiger partial charge in [-0.25, -0.2) is 0 Å². The second-order valence-electron chi connectivity index (χ2n) is 7.25. The molecule has 0 spiro atoms. The van der Waals surface area contributed by atoms with Crippen molar-refractivity contribution in [2.75, 3.05) is 20.8 Å². The van der Waals surface area contributed by atoms with Crippen LogP contribution in [0.4, 0.5) is 0 Å². The number of hydrogen-bond acceptors (Lipinski definition) is 4. The molecule has 3 aromatic carbocycles. The largest absolute Gasteiger partial charge is 0.493 e. The van der Waals surface area contributed by atoms with Crippen molar-refractivity contribution < 1.29 is 9.47 Å². The molecule has 4 nitrogen and oxygen atoms in total. The van der Waals surface area contributed by atoms with E-state index in [0.29, 0.717) is 5.56 Å². The molecule has 0 amide bonds. The van der Waals surface area contributed by atoms with Gasteiger partial charge in [-0.2, -0.15) is 5.26 Å². The van der Waals surface area contributed by atoms with Crippen LogP contribution in [0.15, 0.2) is 66.7 Å². The number of nitrogens with zero attached hydrogens (tertiary/aromatic N) is 2. The summed E-state index contributed by atoms with van der Waals surface area (Å²) in [5.74, 6) is 1.53. The van der Waals surface area contributed by atoms with Gasteiger partial charge in [-0.15, -0.1) is 0 Å². The molecule has 29 heavy (non-hydrogen) atoms. The zero-order chi connectivity index (χ0) is 20.2. The van der Waals surface area contributed by atoms with E-state index in [2.05, 4.69) is 47.4 Å². The van der Waals surface area contributed by atoms with Crippen LogP contribution in [0.1, 0.15) is 33.9 Å². The first-order chi connectivity index (χ1) is 14.2. The van der Waals surface area contributed by atoms with E-state index in [1.165, 1.54) is 22.3 Å². The first-order valence-electron chi connectivity index (χ1n) is 9.76. The van der Waals surface area contributed by atoms with E-state index in [1.54, 1.807) is 14.2 Å². The lowest BCUT2D eigenvalue weighted by Gasteiger charge is -2.38. The van der Waals surface area contributed by atoms with Gasteiger partial charge in [0, 0.05) is 13.1 Å². The smallest absolute Gasteiger partial charge is 0.161 e. The third-order valence-electron chi connectivity index (χ3n) is 5.56. The zero-order valence-corrected chi connectivity index (χ0v) is 16.8. The molecule has 4 heteroatoms. The lowest BCUT2D eigenvalue weighted by Crippen LogP contribution is -2.35. The van der Waals surface area contributed by atoms with Gasteiger partial charge in [0.15, 0.2) is 11.5 Å². The summed E-state index contributed by atoms with van der Waals surface area (Å²) in [5.41, 5.74) is 5.71. The third-order valence-corrected chi connectivity index (χ3v) is 5.56. The molecule has 1 heterocycles. The monoisotopic (exact) mass is 384 g/mol. The third kappa shape index (κ3) is 3.83. The highest BCUT2D eigenvalue weighted by atomic mass is 16.5. The first kappa shape index (κ1) is 19.0. The Morgan fingerprint density at radius 3 is 2.31 bits per heavy atom. The highest BCUT2D eigenvalue weighted by Crippen LogP contribution is 2.41. The molecule has 0 fully saturated rings. The van der Waals surface area contributed by atoms with Crippen LogP contribution in [-0.2, 0) is 13.0 Å². The second-order valence-corrected chi connectivity index (χ2v) is 7.25. The summed E-state index contributed by atoms with van der Waals surface area (Å²) in [6, 6.07) is 25.0. The van der Waals surface area contributed by atoms with Crippen molar-refractivity contribution in [3.63, 3.8) is 0 Å². The molecule has 0 aliphatic carbocycles. The van der Waals surface area contributed by atoms with E-state index in [0.717, 1.165) is 31.0 Å². The molecule has 1 aliphatic heterocycles. The number of fused-ring (bicyclic) bond motifs is 1. The minimum atomic E-state index is 0.135. The fraction of sp³-hybridized carbons (Fsp3) is 0.240. The normalized spacial score (nSPS) is 16.0. The van der Waals surface area contributed by atoms with Crippen LogP contribution in [0.2, 0.25) is 0 Å². The van der Waals surface area contributed by atoms with Crippen molar-refractivity contribution in [2.45, 2.75) is 19.0 Å². The van der Waals surface area contributed by atoms with Gasteiger partial charge in [-0.3, -0.25) is 4.90 Å². The molecule has 0 saturated carbocycles. The predicted molar refractivity (Wildman–Crippen MR) is 113 cm³/mol. The summed E-state index contributed by atoms with van der Waals surface area (Å²) < 4.78 is 11.1. The fourth-order valence-corrected chi connectivity index (χ4v) is 4.11. The number of nitriles is 1. The van der Waals surface area contributed by atoms with Crippen molar-refractivity contribution in [2.24, 2.45) is 0 Å². The van der Waals surface area contributed by atoms with Crippen molar-refractivity contribution in [1.29, 1.82) is 5.26 Å². The van der Waals surface area contributed by atoms with Gasteiger partial charge in [-0.1, -0.05) is 42.5 Å². The van der Waals surface area contributed by atoms with Crippen molar-refractivity contribution in [3.05, 3.63) is 94.5 Å². The highest BCUT2D eigenvalue weighted by Gasteiger charge is 2.30. The van der Waals surface area contributed by atoms with Crippen LogP contribution in [0.3, 0.4) is 0 Å². The Balaban J connectivity index is 1.75. The van der Waals surface area contributed by atoms with Crippen LogP contribution in [0, 0.1) is 11.3 Å². The van der Waals surface area contributed by atoms with Crippen molar-refractivity contribution in [1.82, 2.24) is 4.90 Å². The van der Waals surface area contributed by atoms with Crippen LogP contribution >= 0.6 is 0 Å². The maximum atomic E-state index is 9.06. The molecule has 0 N–H and O–H groups in total. The molecule has 146 valence electrons. The Kier molecular flexibility index (Phi) is 5.50. The van der Waals surface area contributed by atoms with Crippen LogP contribution < -0.4 is 9.47 Å². The SMILES string of the molecule is COc1cc2c(cc1OC)C(c1ccccc1)N(Cc1ccc(C#N)cc1)CC2. The molecule has 1 unspecified atom stereocenters. The van der Waals surface area contributed by atoms with E-state index in [1.807, 2.05) is 30.3 Å². The van der Waals surface area contributed by atoms with E-state index >= 15 is 0 Å². The van der Waals surface area contributed by atoms with Gasteiger partial charge < -0.3 is 9.47 Å². The van der Waals surface area contributed by atoms with Crippen molar-refractivity contribution in [3.8, 4) is 17.6 Å². The number of hydrogen-bond donors (Lipinski definition) is 0. The quantitative estimate of drug-likeness (QED) is 0.638. The molecule has 1 atom stereocenters. The van der Waals surface area contributed by atoms with Gasteiger partial charge in [0.25, 0.3) is 0 Å². The average molecular weight is 384 g/mol. The maximum Gasteiger partial charge on any atom is 0.161 e. The Bertz CT molecular complexity index is 1020. The predicted octanol–water partition coefficient (Wildman–Crippen LogP) is 4.72. The molecular weight excluding hydrogens is 360 g/mol. The minimum absolute atomic E-state index is 0.135. The summed E-state index contributed by atoms with van der Waals surface area (Å²) in [6.07, 6.45) is 0.954.